The highest BCUT2D eigenvalue weighted by Gasteiger charge is 2.21. The molecule has 0 bridgehead atoms. The maximum atomic E-state index is 8.36. The van der Waals surface area contributed by atoms with Crippen LogP contribution in [0.4, 0.5) is 0 Å². The van der Waals surface area contributed by atoms with Crippen molar-refractivity contribution in [1.29, 1.82) is 0 Å². The molecule has 0 fully saturated rings. The fraction of sp³-hybridized carbons (Fsp3) is 0.0417. The minimum absolute atomic E-state index is 0.0460. The Hall–Kier alpha value is -4.39. The van der Waals surface area contributed by atoms with Gasteiger partial charge in [0, 0.05) is 24.8 Å². The molecule has 154 valence electrons. The molecule has 7 nitrogen and oxygen atoms in total. The van der Waals surface area contributed by atoms with Crippen LogP contribution in [0.1, 0.15) is 17.2 Å². The van der Waals surface area contributed by atoms with Gasteiger partial charge in [-0.05, 0) is 39.1 Å². The summed E-state index contributed by atoms with van der Waals surface area (Å²) in [6.07, 6.45) is 9.81. The van der Waals surface area contributed by atoms with Gasteiger partial charge in [-0.3, -0.25) is 0 Å². The van der Waals surface area contributed by atoms with Crippen molar-refractivity contribution >= 4 is 10.8 Å². The highest BCUT2D eigenvalue weighted by molar-refractivity contribution is 5.87. The minimum atomic E-state index is -1.50. The molecule has 5 aromatic rings. The van der Waals surface area contributed by atoms with Crippen LogP contribution in [0.25, 0.3) is 21.9 Å². The molecule has 0 saturated heterocycles. The van der Waals surface area contributed by atoms with Crippen LogP contribution in [0.15, 0.2) is 104 Å². The average Bonchev–Trinajstić information content (AvgIpc) is 3.49. The molecule has 0 radical (unpaired) electrons. The molecule has 0 spiro atoms. The van der Waals surface area contributed by atoms with Crippen LogP contribution in [-0.4, -0.2) is 24.8 Å². The molecule has 2 N–H and O–H groups in total. The summed E-state index contributed by atoms with van der Waals surface area (Å²) in [6, 6.07) is 25.9. The summed E-state index contributed by atoms with van der Waals surface area (Å²) >= 11 is 0. The molecule has 0 aliphatic heterocycles. The first-order chi connectivity index (χ1) is 15.1. The van der Waals surface area contributed by atoms with Crippen molar-refractivity contribution in [2.75, 3.05) is 0 Å². The first-order valence-electron chi connectivity index (χ1n) is 9.65. The summed E-state index contributed by atoms with van der Waals surface area (Å²) in [5.74, 6) is 0. The summed E-state index contributed by atoms with van der Waals surface area (Å²) in [7, 11) is 0. The molecule has 1 atom stereocenters. The molecule has 0 saturated carbocycles. The standard InChI is InChI=1S/C24H19N3.HNO3/c1-2-8-20-18(6-1)7-5-11-23(20)24(27-15-14-26-17-27)22-10-4-3-9-21(22)19-12-13-25-16-19;2-1(3)4/h1-17,24-25H;(H,2,3,4). The largest absolute Gasteiger partial charge is 0.367 e. The van der Waals surface area contributed by atoms with Crippen molar-refractivity contribution in [1.82, 2.24) is 14.5 Å². The third-order valence-corrected chi connectivity index (χ3v) is 5.11. The molecule has 31 heavy (non-hydrogen) atoms. The van der Waals surface area contributed by atoms with E-state index < -0.39 is 5.09 Å². The van der Waals surface area contributed by atoms with Gasteiger partial charge in [-0.2, -0.15) is 0 Å². The van der Waals surface area contributed by atoms with Gasteiger partial charge in [0.15, 0.2) is 0 Å². The minimum Gasteiger partial charge on any atom is -0.367 e. The second-order valence-electron chi connectivity index (χ2n) is 6.91. The monoisotopic (exact) mass is 412 g/mol. The lowest BCUT2D eigenvalue weighted by atomic mass is 9.89. The molecule has 2 heterocycles. The molecule has 5 rings (SSSR count). The van der Waals surface area contributed by atoms with E-state index in [1.165, 1.54) is 33.0 Å². The Balaban J connectivity index is 0.000000535. The van der Waals surface area contributed by atoms with Crippen molar-refractivity contribution in [2.45, 2.75) is 6.04 Å². The fourth-order valence-corrected chi connectivity index (χ4v) is 3.89. The SMILES string of the molecule is O=[N+]([O-])O.c1ccc(C(c2cccc3ccccc23)n2ccnc2)c(-c2cc[nH]c2)c1. The number of hydrogen-bond donors (Lipinski definition) is 2. The van der Waals surface area contributed by atoms with E-state index in [9.17, 15) is 0 Å². The van der Waals surface area contributed by atoms with Crippen LogP contribution in [0.5, 0.6) is 0 Å². The zero-order chi connectivity index (χ0) is 21.6. The number of aromatic amines is 1. The Kier molecular flexibility index (Phi) is 5.75. The lowest BCUT2D eigenvalue weighted by molar-refractivity contribution is -0.742. The lowest BCUT2D eigenvalue weighted by Gasteiger charge is -2.24. The fourth-order valence-electron chi connectivity index (χ4n) is 3.89. The summed E-state index contributed by atoms with van der Waals surface area (Å²) < 4.78 is 2.19. The normalized spacial score (nSPS) is 11.5. The van der Waals surface area contributed by atoms with Crippen LogP contribution in [0.2, 0.25) is 0 Å². The van der Waals surface area contributed by atoms with E-state index in [-0.39, 0.29) is 6.04 Å². The lowest BCUT2D eigenvalue weighted by Crippen LogP contribution is -2.12. The third-order valence-electron chi connectivity index (χ3n) is 5.11. The predicted octanol–water partition coefficient (Wildman–Crippen LogP) is 5.32. The van der Waals surface area contributed by atoms with Crippen LogP contribution in [-0.2, 0) is 0 Å². The van der Waals surface area contributed by atoms with Crippen LogP contribution >= 0.6 is 0 Å². The molecular weight excluding hydrogens is 392 g/mol. The molecule has 1 unspecified atom stereocenters. The Morgan fingerprint density at radius 3 is 2.42 bits per heavy atom. The second kappa shape index (κ2) is 8.96. The number of H-pyrrole nitrogens is 1. The summed E-state index contributed by atoms with van der Waals surface area (Å²) in [5, 5.41) is 16.2. The quantitative estimate of drug-likeness (QED) is 0.308. The van der Waals surface area contributed by atoms with Gasteiger partial charge in [0.2, 0.25) is 0 Å². The van der Waals surface area contributed by atoms with Crippen LogP contribution in [0.3, 0.4) is 0 Å². The van der Waals surface area contributed by atoms with Crippen LogP contribution in [0, 0.1) is 10.1 Å². The summed E-state index contributed by atoms with van der Waals surface area (Å²) in [4.78, 5) is 15.9. The molecule has 7 heteroatoms. The van der Waals surface area contributed by atoms with Crippen molar-refractivity contribution < 1.29 is 10.3 Å². The van der Waals surface area contributed by atoms with E-state index in [0.717, 1.165) is 0 Å². The van der Waals surface area contributed by atoms with Gasteiger partial charge in [-0.15, -0.1) is 10.1 Å². The number of aromatic nitrogens is 3. The number of nitrogens with one attached hydrogen (secondary N) is 1. The van der Waals surface area contributed by atoms with Gasteiger partial charge in [0.05, 0.1) is 12.4 Å². The molecule has 3 aromatic carbocycles. The number of benzene rings is 3. The van der Waals surface area contributed by atoms with Gasteiger partial charge in [0.25, 0.3) is 5.09 Å². The smallest absolute Gasteiger partial charge is 0.291 e. The van der Waals surface area contributed by atoms with Crippen molar-refractivity contribution in [3.63, 3.8) is 0 Å². The first-order valence-corrected chi connectivity index (χ1v) is 9.65. The molecular formula is C24H20N4O3. The zero-order valence-corrected chi connectivity index (χ0v) is 16.5. The average molecular weight is 412 g/mol. The Morgan fingerprint density at radius 1 is 0.968 bits per heavy atom. The van der Waals surface area contributed by atoms with E-state index in [4.69, 9.17) is 15.3 Å². The Bertz CT molecular complexity index is 1270. The Labute approximate surface area is 178 Å². The van der Waals surface area contributed by atoms with Gasteiger partial charge in [-0.25, -0.2) is 4.98 Å². The van der Waals surface area contributed by atoms with Crippen molar-refractivity contribution in [3.8, 4) is 11.1 Å². The van der Waals surface area contributed by atoms with Gasteiger partial charge >= 0.3 is 0 Å². The van der Waals surface area contributed by atoms with Crippen molar-refractivity contribution in [3.05, 3.63) is 125 Å². The highest BCUT2D eigenvalue weighted by Crippen LogP contribution is 2.37. The molecule has 0 aliphatic rings. The first kappa shape index (κ1) is 19.9. The van der Waals surface area contributed by atoms with E-state index >= 15 is 0 Å². The zero-order valence-electron chi connectivity index (χ0n) is 16.5. The molecule has 0 aliphatic carbocycles. The maximum Gasteiger partial charge on any atom is 0.291 e. The van der Waals surface area contributed by atoms with E-state index in [1.54, 1.807) is 0 Å². The topological polar surface area (TPSA) is 97.0 Å². The number of nitrogens with zero attached hydrogens (tertiary/aromatic N) is 3. The maximum absolute atomic E-state index is 8.36. The Morgan fingerprint density at radius 2 is 1.68 bits per heavy atom. The highest BCUT2D eigenvalue weighted by atomic mass is 16.9. The third kappa shape index (κ3) is 4.30. The molecule has 0 amide bonds. The van der Waals surface area contributed by atoms with Gasteiger partial charge in [0.1, 0.15) is 0 Å². The number of rotatable bonds is 4. The van der Waals surface area contributed by atoms with Crippen molar-refractivity contribution in [2.24, 2.45) is 0 Å². The van der Waals surface area contributed by atoms with Crippen LogP contribution < -0.4 is 0 Å². The molecule has 2 aromatic heterocycles. The second-order valence-corrected chi connectivity index (χ2v) is 6.91. The van der Waals surface area contributed by atoms with Gasteiger partial charge < -0.3 is 14.8 Å². The van der Waals surface area contributed by atoms with E-state index in [1.807, 2.05) is 31.1 Å². The summed E-state index contributed by atoms with van der Waals surface area (Å²) in [5.41, 5.74) is 4.95. The van der Waals surface area contributed by atoms with E-state index in [0.29, 0.717) is 0 Å². The number of fused-ring (bicyclic) bond motifs is 1. The predicted molar refractivity (Wildman–Crippen MR) is 118 cm³/mol. The van der Waals surface area contributed by atoms with E-state index in [2.05, 4.69) is 87.3 Å². The number of hydrogen-bond acceptors (Lipinski definition) is 3. The summed E-state index contributed by atoms with van der Waals surface area (Å²) in [6.45, 7) is 0. The van der Waals surface area contributed by atoms with Gasteiger partial charge in [-0.1, -0.05) is 66.7 Å². The number of imidazole rings is 1.